The molecule has 3 nitrogen and oxygen atoms in total. The van der Waals surface area contributed by atoms with Crippen molar-refractivity contribution in [2.24, 2.45) is 9.49 Å². The van der Waals surface area contributed by atoms with Crippen molar-refractivity contribution in [2.75, 3.05) is 37.0 Å². The third-order valence-corrected chi connectivity index (χ3v) is 14.0. The van der Waals surface area contributed by atoms with E-state index in [1.54, 1.807) is 0 Å². The van der Waals surface area contributed by atoms with Gasteiger partial charge in [-0.2, -0.15) is 0 Å². The number of aromatic nitrogens is 1. The second kappa shape index (κ2) is 10.6. The largest absolute Gasteiger partial charge is 0.297 e. The quantitative estimate of drug-likeness (QED) is 0.428. The molecule has 1 rings (SSSR count). The number of nitrogens with zero attached hydrogens (tertiary/aromatic N) is 3. The Hall–Kier alpha value is -0.390. The first-order chi connectivity index (χ1) is 11.5. The van der Waals surface area contributed by atoms with Crippen molar-refractivity contribution in [3.63, 3.8) is 0 Å². The van der Waals surface area contributed by atoms with Gasteiger partial charge in [-0.15, -0.1) is 0 Å². The summed E-state index contributed by atoms with van der Waals surface area (Å²) in [6.45, 7) is 15.3. The first-order valence-electron chi connectivity index (χ1n) is 9.57. The molecule has 0 saturated heterocycles. The second-order valence-electron chi connectivity index (χ2n) is 6.31. The summed E-state index contributed by atoms with van der Waals surface area (Å²) >= 11 is 0. The average molecular weight is 369 g/mol. The van der Waals surface area contributed by atoms with Gasteiger partial charge in [-0.3, -0.25) is 14.5 Å². The third kappa shape index (κ3) is 5.85. The maximum Gasteiger partial charge on any atom is 0.0796 e. The van der Waals surface area contributed by atoms with Crippen molar-refractivity contribution in [3.05, 3.63) is 29.6 Å². The van der Waals surface area contributed by atoms with Crippen LogP contribution in [-0.2, 0) is 13.1 Å². The van der Waals surface area contributed by atoms with Crippen LogP contribution < -0.4 is 0 Å². The summed E-state index contributed by atoms with van der Waals surface area (Å²) in [5, 5.41) is 0. The topological polar surface area (TPSA) is 37.6 Å². The molecule has 0 radical (unpaired) electrons. The van der Waals surface area contributed by atoms with Crippen molar-refractivity contribution in [1.29, 1.82) is 0 Å². The van der Waals surface area contributed by atoms with Crippen LogP contribution >= 0.6 is 14.1 Å². The van der Waals surface area contributed by atoms with Gasteiger partial charge in [0.25, 0.3) is 0 Å². The van der Waals surface area contributed by atoms with Gasteiger partial charge in [-0.25, -0.2) is 0 Å². The summed E-state index contributed by atoms with van der Waals surface area (Å²) in [5.41, 5.74) is 2.21. The van der Waals surface area contributed by atoms with E-state index in [4.69, 9.17) is 14.5 Å². The molecule has 0 aliphatic heterocycles. The van der Waals surface area contributed by atoms with Crippen molar-refractivity contribution in [3.8, 4) is 0 Å². The van der Waals surface area contributed by atoms with Gasteiger partial charge in [0.1, 0.15) is 0 Å². The fourth-order valence-corrected chi connectivity index (χ4v) is 7.86. The normalized spacial score (nSPS) is 12.2. The predicted molar refractivity (Wildman–Crippen MR) is 114 cm³/mol. The standard InChI is InChI=1S/C19H37N3P2/c1-7-23(8-2,9-3)20-16-18-14-13-15-19(22-18)17-21-24(10-4,11-5)12-6/h13-15H,7-12,16-17H2,1-6H3. The van der Waals surface area contributed by atoms with Gasteiger partial charge in [0.05, 0.1) is 24.5 Å². The van der Waals surface area contributed by atoms with Crippen LogP contribution in [0.2, 0.25) is 0 Å². The van der Waals surface area contributed by atoms with Gasteiger partial charge in [0, 0.05) is 0 Å². The van der Waals surface area contributed by atoms with E-state index in [-0.39, 0.29) is 0 Å². The molecule has 0 aliphatic carbocycles. The highest BCUT2D eigenvalue weighted by atomic mass is 31.2. The minimum atomic E-state index is -1.11. The van der Waals surface area contributed by atoms with E-state index in [0.717, 1.165) is 24.5 Å². The van der Waals surface area contributed by atoms with E-state index in [1.807, 2.05) is 0 Å². The van der Waals surface area contributed by atoms with Crippen LogP contribution in [0.5, 0.6) is 0 Å². The van der Waals surface area contributed by atoms with Gasteiger partial charge < -0.3 is 0 Å². The Morgan fingerprint density at radius 3 is 1.29 bits per heavy atom. The Kier molecular flexibility index (Phi) is 9.53. The van der Waals surface area contributed by atoms with Gasteiger partial charge in [-0.05, 0) is 63.2 Å². The maximum atomic E-state index is 5.10. The van der Waals surface area contributed by atoms with E-state index < -0.39 is 14.1 Å². The zero-order valence-electron chi connectivity index (χ0n) is 16.6. The molecule has 24 heavy (non-hydrogen) atoms. The second-order valence-corrected chi connectivity index (χ2v) is 15.0. The molecule has 0 bridgehead atoms. The molecule has 1 aromatic rings. The zero-order chi connectivity index (χ0) is 18.1. The highest BCUT2D eigenvalue weighted by Crippen LogP contribution is 2.49. The van der Waals surface area contributed by atoms with Crippen LogP contribution in [0, 0.1) is 0 Å². The molecule has 0 N–H and O–H groups in total. The molecule has 0 spiro atoms. The molecule has 0 aromatic carbocycles. The molecular formula is C19H37N3P2. The maximum absolute atomic E-state index is 5.10. The van der Waals surface area contributed by atoms with Crippen LogP contribution in [-0.4, -0.2) is 42.0 Å². The van der Waals surface area contributed by atoms with Gasteiger partial charge >= 0.3 is 0 Å². The number of pyridine rings is 1. The van der Waals surface area contributed by atoms with Crippen LogP contribution in [0.4, 0.5) is 0 Å². The van der Waals surface area contributed by atoms with Crippen LogP contribution in [0.1, 0.15) is 52.9 Å². The summed E-state index contributed by atoms with van der Waals surface area (Å²) < 4.78 is 10.2. The molecular weight excluding hydrogens is 332 g/mol. The van der Waals surface area contributed by atoms with E-state index >= 15 is 0 Å². The van der Waals surface area contributed by atoms with Crippen molar-refractivity contribution in [1.82, 2.24) is 4.98 Å². The minimum absolute atomic E-state index is 0.771. The minimum Gasteiger partial charge on any atom is -0.297 e. The highest BCUT2D eigenvalue weighted by Gasteiger charge is 2.13. The molecule has 0 atom stereocenters. The Labute approximate surface area is 150 Å². The molecule has 0 saturated carbocycles. The molecule has 0 fully saturated rings. The lowest BCUT2D eigenvalue weighted by atomic mass is 10.3. The van der Waals surface area contributed by atoms with Crippen molar-refractivity contribution in [2.45, 2.75) is 54.6 Å². The third-order valence-electron chi connectivity index (χ3n) is 5.46. The van der Waals surface area contributed by atoms with Gasteiger partial charge in [-0.1, -0.05) is 47.6 Å². The molecule has 0 aliphatic rings. The number of rotatable bonds is 10. The monoisotopic (exact) mass is 369 g/mol. The van der Waals surface area contributed by atoms with Gasteiger partial charge in [0.2, 0.25) is 0 Å². The molecule has 5 heteroatoms. The summed E-state index contributed by atoms with van der Waals surface area (Å²) in [7, 11) is -2.22. The van der Waals surface area contributed by atoms with Crippen molar-refractivity contribution >= 4 is 14.1 Å². The number of hydrogen-bond donors (Lipinski definition) is 0. The van der Waals surface area contributed by atoms with Crippen LogP contribution in [0.25, 0.3) is 0 Å². The molecule has 1 aromatic heterocycles. The average Bonchev–Trinajstić information content (AvgIpc) is 2.65. The Morgan fingerprint density at radius 2 is 1.00 bits per heavy atom. The summed E-state index contributed by atoms with van der Waals surface area (Å²) in [5.74, 6) is 0. The molecule has 0 amide bonds. The molecule has 138 valence electrons. The van der Waals surface area contributed by atoms with E-state index in [0.29, 0.717) is 0 Å². The van der Waals surface area contributed by atoms with Crippen molar-refractivity contribution < 1.29 is 0 Å². The Balaban J connectivity index is 2.96. The fraction of sp³-hybridized carbons (Fsp3) is 0.737. The van der Waals surface area contributed by atoms with E-state index in [1.165, 1.54) is 37.0 Å². The SMILES string of the molecule is CCP(CC)(CC)=NCc1cccc(CN=P(CC)(CC)CC)n1. The summed E-state index contributed by atoms with van der Waals surface area (Å²) in [6, 6.07) is 6.35. The molecule has 1 heterocycles. The van der Waals surface area contributed by atoms with Crippen LogP contribution in [0.3, 0.4) is 0 Å². The Bertz CT molecular complexity index is 521. The predicted octanol–water partition coefficient (Wildman–Crippen LogP) is 6.60. The smallest absolute Gasteiger partial charge is 0.0796 e. The van der Waals surface area contributed by atoms with E-state index in [2.05, 4.69) is 59.7 Å². The fourth-order valence-electron chi connectivity index (χ4n) is 3.09. The molecule has 0 unspecified atom stereocenters. The first-order valence-corrected chi connectivity index (χ1v) is 14.2. The zero-order valence-corrected chi connectivity index (χ0v) is 18.4. The summed E-state index contributed by atoms with van der Waals surface area (Å²) in [4.78, 5) is 4.83. The van der Waals surface area contributed by atoms with E-state index in [9.17, 15) is 0 Å². The number of hydrogen-bond acceptors (Lipinski definition) is 3. The first kappa shape index (κ1) is 21.7. The lowest BCUT2D eigenvalue weighted by molar-refractivity contribution is 0.921. The lowest BCUT2D eigenvalue weighted by Crippen LogP contribution is -1.98. The lowest BCUT2D eigenvalue weighted by Gasteiger charge is -2.20. The van der Waals surface area contributed by atoms with Gasteiger partial charge in [0.15, 0.2) is 0 Å². The van der Waals surface area contributed by atoms with Crippen LogP contribution in [0.15, 0.2) is 27.7 Å². The summed E-state index contributed by atoms with van der Waals surface area (Å²) in [6.07, 6.45) is 7.28. The highest BCUT2D eigenvalue weighted by molar-refractivity contribution is 7.66. The Morgan fingerprint density at radius 1 is 0.667 bits per heavy atom.